The van der Waals surface area contributed by atoms with E-state index in [-0.39, 0.29) is 23.8 Å². The quantitative estimate of drug-likeness (QED) is 0.472. The van der Waals surface area contributed by atoms with Gasteiger partial charge in [-0.05, 0) is 50.1 Å². The van der Waals surface area contributed by atoms with Crippen LogP contribution in [0.3, 0.4) is 0 Å². The van der Waals surface area contributed by atoms with E-state index in [4.69, 9.17) is 24.4 Å². The Kier molecular flexibility index (Phi) is 5.61. The zero-order valence-electron chi connectivity index (χ0n) is 18.0. The Morgan fingerprint density at radius 1 is 1.12 bits per heavy atom. The highest BCUT2D eigenvalue weighted by atomic mass is 16.6. The maximum absolute atomic E-state index is 12.3. The first-order chi connectivity index (χ1) is 15.4. The third-order valence-corrected chi connectivity index (χ3v) is 5.21. The number of nitriles is 1. The Bertz CT molecular complexity index is 1250. The van der Waals surface area contributed by atoms with Gasteiger partial charge in [0.25, 0.3) is 0 Å². The smallest absolute Gasteiger partial charge is 0.349 e. The van der Waals surface area contributed by atoms with Crippen LogP contribution in [0.15, 0.2) is 64.4 Å². The molecule has 32 heavy (non-hydrogen) atoms. The predicted molar refractivity (Wildman–Crippen MR) is 116 cm³/mol. The van der Waals surface area contributed by atoms with Gasteiger partial charge in [-0.2, -0.15) is 5.26 Å². The maximum atomic E-state index is 12.3. The first-order valence-corrected chi connectivity index (χ1v) is 10.0. The number of para-hydroxylation sites is 1. The number of esters is 1. The van der Waals surface area contributed by atoms with Gasteiger partial charge < -0.3 is 24.4 Å². The van der Waals surface area contributed by atoms with E-state index in [1.165, 1.54) is 0 Å². The highest BCUT2D eigenvalue weighted by Gasteiger charge is 2.33. The van der Waals surface area contributed by atoms with Gasteiger partial charge in [0.15, 0.2) is 6.61 Å². The first-order valence-electron chi connectivity index (χ1n) is 10.0. The van der Waals surface area contributed by atoms with Gasteiger partial charge in [-0.25, -0.2) is 4.79 Å². The number of nitrogens with zero attached hydrogens (tertiary/aromatic N) is 1. The van der Waals surface area contributed by atoms with Crippen molar-refractivity contribution in [2.24, 2.45) is 5.73 Å². The van der Waals surface area contributed by atoms with Crippen LogP contribution in [-0.4, -0.2) is 12.6 Å². The molecule has 0 fully saturated rings. The maximum Gasteiger partial charge on any atom is 0.349 e. The van der Waals surface area contributed by atoms with E-state index in [1.807, 2.05) is 45.0 Å². The largest absolute Gasteiger partial charge is 0.481 e. The van der Waals surface area contributed by atoms with Crippen molar-refractivity contribution >= 4 is 5.97 Å². The molecule has 0 bridgehead atoms. The molecule has 2 heterocycles. The molecule has 1 aliphatic rings. The number of hydrogen-bond acceptors (Lipinski definition) is 7. The van der Waals surface area contributed by atoms with Crippen molar-refractivity contribution < 1.29 is 23.4 Å². The second kappa shape index (κ2) is 8.52. The van der Waals surface area contributed by atoms with E-state index in [1.54, 1.807) is 24.3 Å². The molecule has 7 nitrogen and oxygen atoms in total. The number of allylic oxidation sites excluding steroid dienone is 1. The van der Waals surface area contributed by atoms with Crippen molar-refractivity contribution in [1.29, 1.82) is 5.26 Å². The van der Waals surface area contributed by atoms with Crippen LogP contribution in [0.4, 0.5) is 0 Å². The number of nitrogens with two attached hydrogens (primary N) is 1. The van der Waals surface area contributed by atoms with Crippen molar-refractivity contribution in [2.45, 2.75) is 26.7 Å². The van der Waals surface area contributed by atoms with Crippen molar-refractivity contribution in [3.05, 3.63) is 88.2 Å². The van der Waals surface area contributed by atoms with E-state index < -0.39 is 11.9 Å². The number of carbonyl (C=O) groups is 1. The summed E-state index contributed by atoms with van der Waals surface area (Å²) in [5.41, 5.74) is 8.83. The molecule has 4 rings (SSSR count). The van der Waals surface area contributed by atoms with Gasteiger partial charge in [0, 0.05) is 11.6 Å². The van der Waals surface area contributed by atoms with Crippen LogP contribution < -0.4 is 19.9 Å². The second-order valence-corrected chi connectivity index (χ2v) is 7.56. The Morgan fingerprint density at radius 2 is 1.88 bits per heavy atom. The van der Waals surface area contributed by atoms with Gasteiger partial charge >= 0.3 is 5.97 Å². The highest BCUT2D eigenvalue weighted by Crippen LogP contribution is 2.43. The predicted octanol–water partition coefficient (Wildman–Crippen LogP) is 4.41. The number of fused-ring (bicyclic) bond motifs is 1. The van der Waals surface area contributed by atoms with Crippen molar-refractivity contribution in [1.82, 2.24) is 0 Å². The topological polar surface area (TPSA) is 108 Å². The average Bonchev–Trinajstić information content (AvgIpc) is 3.18. The van der Waals surface area contributed by atoms with Gasteiger partial charge in [-0.3, -0.25) is 0 Å². The average molecular weight is 430 g/mol. The van der Waals surface area contributed by atoms with Crippen LogP contribution in [-0.2, 0) is 4.79 Å². The van der Waals surface area contributed by atoms with Crippen LogP contribution in [0.1, 0.15) is 34.1 Å². The normalized spacial score (nSPS) is 14.9. The van der Waals surface area contributed by atoms with Crippen molar-refractivity contribution in [3.63, 3.8) is 0 Å². The fourth-order valence-electron chi connectivity index (χ4n) is 3.72. The molecule has 2 N–H and O–H groups in total. The SMILES string of the molecule is Cc1ccc(C2C(C#N)=C(N)Oc3cc(OC(=O)COc4c(C)cccc4C)ccc32)o1. The van der Waals surface area contributed by atoms with Gasteiger partial charge in [-0.1, -0.05) is 24.3 Å². The molecular formula is C25H22N2O5. The fourth-order valence-corrected chi connectivity index (χ4v) is 3.72. The summed E-state index contributed by atoms with van der Waals surface area (Å²) < 4.78 is 22.5. The van der Waals surface area contributed by atoms with Crippen LogP contribution >= 0.6 is 0 Å². The summed E-state index contributed by atoms with van der Waals surface area (Å²) in [6, 6.07) is 16.4. The lowest BCUT2D eigenvalue weighted by molar-refractivity contribution is -0.136. The number of rotatable bonds is 5. The fraction of sp³-hybridized carbons (Fsp3) is 0.200. The Balaban J connectivity index is 1.54. The zero-order valence-corrected chi connectivity index (χ0v) is 18.0. The number of ether oxygens (including phenoxy) is 3. The highest BCUT2D eigenvalue weighted by molar-refractivity contribution is 5.74. The Morgan fingerprint density at radius 3 is 2.53 bits per heavy atom. The number of hydrogen-bond donors (Lipinski definition) is 1. The molecular weight excluding hydrogens is 408 g/mol. The third-order valence-electron chi connectivity index (χ3n) is 5.21. The molecule has 7 heteroatoms. The summed E-state index contributed by atoms with van der Waals surface area (Å²) in [6.45, 7) is 5.42. The molecule has 1 unspecified atom stereocenters. The number of aryl methyl sites for hydroxylation is 3. The molecule has 0 aliphatic carbocycles. The molecule has 0 radical (unpaired) electrons. The van der Waals surface area contributed by atoms with E-state index in [9.17, 15) is 10.1 Å². The number of furan rings is 1. The van der Waals surface area contributed by atoms with Crippen LogP contribution in [0.2, 0.25) is 0 Å². The minimum absolute atomic E-state index is 0.0131. The van der Waals surface area contributed by atoms with Crippen LogP contribution in [0.25, 0.3) is 0 Å². The second-order valence-electron chi connectivity index (χ2n) is 7.56. The molecule has 1 atom stereocenters. The van der Waals surface area contributed by atoms with E-state index in [0.717, 1.165) is 16.9 Å². The van der Waals surface area contributed by atoms with E-state index in [0.29, 0.717) is 22.8 Å². The summed E-state index contributed by atoms with van der Waals surface area (Å²) >= 11 is 0. The van der Waals surface area contributed by atoms with Gasteiger partial charge in [0.05, 0.1) is 5.92 Å². The summed E-state index contributed by atoms with van der Waals surface area (Å²) in [6.07, 6.45) is 0. The van der Waals surface area contributed by atoms with Gasteiger partial charge in [0.1, 0.15) is 40.4 Å². The molecule has 0 saturated heterocycles. The van der Waals surface area contributed by atoms with E-state index in [2.05, 4.69) is 6.07 Å². The number of carbonyl (C=O) groups excluding carboxylic acids is 1. The first kappa shape index (κ1) is 21.1. The molecule has 0 amide bonds. The standard InChI is InChI=1S/C25H22N2O5/c1-14-5-4-6-15(2)24(14)29-13-22(28)31-17-8-9-18-21(11-17)32-25(27)19(12-26)23(18)20-10-7-16(3)30-20/h4-11,23H,13,27H2,1-3H3. The van der Waals surface area contributed by atoms with Gasteiger partial charge in [-0.15, -0.1) is 0 Å². The summed E-state index contributed by atoms with van der Waals surface area (Å²) in [7, 11) is 0. The summed E-state index contributed by atoms with van der Waals surface area (Å²) in [4.78, 5) is 12.3. The lowest BCUT2D eigenvalue weighted by Crippen LogP contribution is -2.21. The monoisotopic (exact) mass is 430 g/mol. The number of benzene rings is 2. The van der Waals surface area contributed by atoms with Crippen molar-refractivity contribution in [3.8, 4) is 23.3 Å². The van der Waals surface area contributed by atoms with E-state index >= 15 is 0 Å². The Labute approximate surface area is 185 Å². The molecule has 3 aromatic rings. The minimum atomic E-state index is -0.553. The Hall–Kier alpha value is -4.18. The molecule has 0 saturated carbocycles. The lowest BCUT2D eigenvalue weighted by atomic mass is 9.87. The van der Waals surface area contributed by atoms with Crippen LogP contribution in [0.5, 0.6) is 17.2 Å². The third kappa shape index (κ3) is 4.03. The summed E-state index contributed by atoms with van der Waals surface area (Å²) in [5, 5.41) is 9.60. The summed E-state index contributed by atoms with van der Waals surface area (Å²) in [5.74, 6) is 1.56. The molecule has 1 aliphatic heterocycles. The molecule has 162 valence electrons. The lowest BCUT2D eigenvalue weighted by Gasteiger charge is -2.25. The zero-order chi connectivity index (χ0) is 22.8. The van der Waals surface area contributed by atoms with Gasteiger partial charge in [0.2, 0.25) is 5.88 Å². The van der Waals surface area contributed by atoms with Crippen molar-refractivity contribution in [2.75, 3.05) is 6.61 Å². The van der Waals surface area contributed by atoms with Crippen LogP contribution in [0, 0.1) is 32.1 Å². The molecule has 2 aromatic carbocycles. The molecule has 0 spiro atoms. The minimum Gasteiger partial charge on any atom is -0.481 e. The molecule has 1 aromatic heterocycles.